The van der Waals surface area contributed by atoms with Gasteiger partial charge in [0.1, 0.15) is 0 Å². The number of hydrogen-bond donors (Lipinski definition) is 1. The Labute approximate surface area is 98.6 Å². The lowest BCUT2D eigenvalue weighted by Gasteiger charge is -2.34. The van der Waals surface area contributed by atoms with E-state index in [4.69, 9.17) is 0 Å². The number of carbonyl (C=O) groups excluding carboxylic acids is 1. The number of piperazine rings is 1. The molecule has 16 heavy (non-hydrogen) atoms. The summed E-state index contributed by atoms with van der Waals surface area (Å²) in [6.45, 7) is 13.7. The first-order chi connectivity index (χ1) is 7.30. The second-order valence-electron chi connectivity index (χ2n) is 6.46. The molecule has 0 aromatic heterocycles. The van der Waals surface area contributed by atoms with Crippen LogP contribution in [0.3, 0.4) is 0 Å². The van der Waals surface area contributed by atoms with Crippen molar-refractivity contribution in [2.45, 2.75) is 40.7 Å². The molecule has 3 heteroatoms. The largest absolute Gasteiger partial charge is 0.337 e. The van der Waals surface area contributed by atoms with Crippen LogP contribution in [0.1, 0.15) is 34.6 Å². The summed E-state index contributed by atoms with van der Waals surface area (Å²) in [4.78, 5) is 14.6. The van der Waals surface area contributed by atoms with Crippen LogP contribution in [0.2, 0.25) is 0 Å². The average molecular weight is 224 g/mol. The molecule has 92 valence electrons. The Hall–Kier alpha value is -0.570. The zero-order valence-corrected chi connectivity index (χ0v) is 11.1. The highest BCUT2D eigenvalue weighted by Gasteiger charge is 2.69. The number of amides is 1. The molecule has 2 aliphatic rings. The van der Waals surface area contributed by atoms with Crippen LogP contribution in [0.15, 0.2) is 0 Å². The Balaban J connectivity index is 2.09. The zero-order chi connectivity index (χ0) is 12.1. The SMILES string of the molecule is C[C@@H]1CNCCN1C(=O)C1C(C)(C)C1(C)C. The highest BCUT2D eigenvalue weighted by Crippen LogP contribution is 2.68. The maximum Gasteiger partial charge on any atom is 0.227 e. The van der Waals surface area contributed by atoms with Crippen LogP contribution in [0.5, 0.6) is 0 Å². The number of rotatable bonds is 1. The van der Waals surface area contributed by atoms with Crippen molar-refractivity contribution in [2.24, 2.45) is 16.7 Å². The van der Waals surface area contributed by atoms with Gasteiger partial charge in [0.05, 0.1) is 0 Å². The normalized spacial score (nSPS) is 32.6. The molecule has 1 aliphatic heterocycles. The van der Waals surface area contributed by atoms with Crippen LogP contribution in [-0.4, -0.2) is 36.5 Å². The molecule has 1 heterocycles. The maximum absolute atomic E-state index is 12.5. The van der Waals surface area contributed by atoms with Gasteiger partial charge in [0, 0.05) is 31.6 Å². The van der Waals surface area contributed by atoms with E-state index in [9.17, 15) is 4.79 Å². The topological polar surface area (TPSA) is 32.3 Å². The highest BCUT2D eigenvalue weighted by molar-refractivity contribution is 5.84. The van der Waals surface area contributed by atoms with Crippen molar-refractivity contribution in [1.82, 2.24) is 10.2 Å². The molecule has 0 unspecified atom stereocenters. The fraction of sp³-hybridized carbons (Fsp3) is 0.923. The van der Waals surface area contributed by atoms with Gasteiger partial charge in [0.15, 0.2) is 0 Å². The van der Waals surface area contributed by atoms with Crippen molar-refractivity contribution in [1.29, 1.82) is 0 Å². The van der Waals surface area contributed by atoms with Crippen LogP contribution in [0, 0.1) is 16.7 Å². The van der Waals surface area contributed by atoms with Gasteiger partial charge in [-0.15, -0.1) is 0 Å². The molecule has 0 aromatic rings. The van der Waals surface area contributed by atoms with E-state index in [1.54, 1.807) is 0 Å². The van der Waals surface area contributed by atoms with E-state index in [0.29, 0.717) is 11.9 Å². The van der Waals surface area contributed by atoms with Crippen molar-refractivity contribution >= 4 is 5.91 Å². The minimum atomic E-state index is 0.161. The molecule has 2 rings (SSSR count). The lowest BCUT2D eigenvalue weighted by atomic mass is 10.0. The fourth-order valence-electron chi connectivity index (χ4n) is 3.15. The second kappa shape index (κ2) is 3.46. The van der Waals surface area contributed by atoms with Gasteiger partial charge >= 0.3 is 0 Å². The maximum atomic E-state index is 12.5. The molecular weight excluding hydrogens is 200 g/mol. The van der Waals surface area contributed by atoms with E-state index in [2.05, 4.69) is 44.8 Å². The summed E-state index contributed by atoms with van der Waals surface area (Å²) in [5, 5.41) is 3.33. The summed E-state index contributed by atoms with van der Waals surface area (Å²) >= 11 is 0. The summed E-state index contributed by atoms with van der Waals surface area (Å²) in [7, 11) is 0. The van der Waals surface area contributed by atoms with Gasteiger partial charge in [0.25, 0.3) is 0 Å². The van der Waals surface area contributed by atoms with E-state index in [0.717, 1.165) is 19.6 Å². The molecule has 2 fully saturated rings. The summed E-state index contributed by atoms with van der Waals surface area (Å²) in [6, 6.07) is 0.341. The highest BCUT2D eigenvalue weighted by atomic mass is 16.2. The van der Waals surface area contributed by atoms with Crippen molar-refractivity contribution < 1.29 is 4.79 Å². The molecule has 1 aliphatic carbocycles. The quantitative estimate of drug-likeness (QED) is 0.732. The van der Waals surface area contributed by atoms with Gasteiger partial charge in [-0.05, 0) is 17.8 Å². The zero-order valence-electron chi connectivity index (χ0n) is 11.1. The predicted molar refractivity (Wildman–Crippen MR) is 65.1 cm³/mol. The fourth-order valence-corrected chi connectivity index (χ4v) is 3.15. The molecule has 1 saturated heterocycles. The lowest BCUT2D eigenvalue weighted by molar-refractivity contribution is -0.136. The first-order valence-corrected chi connectivity index (χ1v) is 6.31. The van der Waals surface area contributed by atoms with Gasteiger partial charge in [-0.1, -0.05) is 27.7 Å². The van der Waals surface area contributed by atoms with Gasteiger partial charge < -0.3 is 10.2 Å². The molecule has 0 aromatic carbocycles. The first kappa shape index (κ1) is 11.9. The van der Waals surface area contributed by atoms with Crippen molar-refractivity contribution in [2.75, 3.05) is 19.6 Å². The van der Waals surface area contributed by atoms with E-state index in [-0.39, 0.29) is 16.7 Å². The van der Waals surface area contributed by atoms with Crippen LogP contribution in [0.25, 0.3) is 0 Å². The third kappa shape index (κ3) is 1.48. The summed E-state index contributed by atoms with van der Waals surface area (Å²) < 4.78 is 0. The minimum absolute atomic E-state index is 0.161. The molecule has 0 bridgehead atoms. The first-order valence-electron chi connectivity index (χ1n) is 6.31. The Morgan fingerprint density at radius 2 is 1.81 bits per heavy atom. The predicted octanol–water partition coefficient (Wildman–Crippen LogP) is 1.49. The summed E-state index contributed by atoms with van der Waals surface area (Å²) in [5.41, 5.74) is 0.323. The van der Waals surface area contributed by atoms with E-state index in [1.165, 1.54) is 0 Å². The van der Waals surface area contributed by atoms with Crippen molar-refractivity contribution in [3.05, 3.63) is 0 Å². The molecule has 1 amide bonds. The number of nitrogens with zero attached hydrogens (tertiary/aromatic N) is 1. The van der Waals surface area contributed by atoms with Gasteiger partial charge in [-0.25, -0.2) is 0 Å². The summed E-state index contributed by atoms with van der Waals surface area (Å²) in [5.74, 6) is 0.574. The molecule has 1 atom stereocenters. The van der Waals surface area contributed by atoms with Gasteiger partial charge in [0.2, 0.25) is 5.91 Å². The van der Waals surface area contributed by atoms with Crippen LogP contribution >= 0.6 is 0 Å². The average Bonchev–Trinajstić information content (AvgIpc) is 2.57. The standard InChI is InChI=1S/C13H24N2O/c1-9-8-14-6-7-15(9)11(16)10-12(2,3)13(10,4)5/h9-10,14H,6-8H2,1-5H3/t9-/m1/s1. The van der Waals surface area contributed by atoms with E-state index in [1.807, 2.05) is 0 Å². The van der Waals surface area contributed by atoms with Crippen LogP contribution in [0.4, 0.5) is 0 Å². The second-order valence-corrected chi connectivity index (χ2v) is 6.46. The monoisotopic (exact) mass is 224 g/mol. The number of nitrogens with one attached hydrogen (secondary N) is 1. The van der Waals surface area contributed by atoms with E-state index < -0.39 is 0 Å². The van der Waals surface area contributed by atoms with Crippen LogP contribution < -0.4 is 5.32 Å². The lowest BCUT2D eigenvalue weighted by Crippen LogP contribution is -2.53. The van der Waals surface area contributed by atoms with Crippen LogP contribution in [-0.2, 0) is 4.79 Å². The van der Waals surface area contributed by atoms with Gasteiger partial charge in [-0.2, -0.15) is 0 Å². The molecule has 0 spiro atoms. The Bertz CT molecular complexity index is 295. The number of carbonyl (C=O) groups is 1. The molecule has 0 radical (unpaired) electrons. The van der Waals surface area contributed by atoms with Crippen molar-refractivity contribution in [3.63, 3.8) is 0 Å². The van der Waals surface area contributed by atoms with Gasteiger partial charge in [-0.3, -0.25) is 4.79 Å². The Kier molecular flexibility index (Phi) is 2.57. The molecule has 3 nitrogen and oxygen atoms in total. The smallest absolute Gasteiger partial charge is 0.227 e. The Morgan fingerprint density at radius 1 is 1.25 bits per heavy atom. The Morgan fingerprint density at radius 3 is 2.25 bits per heavy atom. The third-order valence-corrected chi connectivity index (χ3v) is 5.05. The van der Waals surface area contributed by atoms with Crippen molar-refractivity contribution in [3.8, 4) is 0 Å². The van der Waals surface area contributed by atoms with E-state index >= 15 is 0 Å². The number of hydrogen-bond acceptors (Lipinski definition) is 2. The molecule has 1 N–H and O–H groups in total. The molecular formula is C13H24N2O. The minimum Gasteiger partial charge on any atom is -0.337 e. The summed E-state index contributed by atoms with van der Waals surface area (Å²) in [6.07, 6.45) is 0. The molecule has 1 saturated carbocycles. The third-order valence-electron chi connectivity index (χ3n) is 5.05.